The zero-order valence-electron chi connectivity index (χ0n) is 17.0. The van der Waals surface area contributed by atoms with Gasteiger partial charge in [-0.25, -0.2) is 14.2 Å². The predicted octanol–water partition coefficient (Wildman–Crippen LogP) is 4.32. The summed E-state index contributed by atoms with van der Waals surface area (Å²) in [5.41, 5.74) is 3.90. The first-order valence-electron chi connectivity index (χ1n) is 9.67. The molecule has 4 rings (SSSR count). The highest BCUT2D eigenvalue weighted by Gasteiger charge is 2.28. The van der Waals surface area contributed by atoms with Gasteiger partial charge in [-0.3, -0.25) is 4.79 Å². The minimum Gasteiger partial charge on any atom is -0.338 e. The van der Waals surface area contributed by atoms with Crippen molar-refractivity contribution >= 4 is 39.9 Å². The first-order valence-corrected chi connectivity index (χ1v) is 9.67. The van der Waals surface area contributed by atoms with E-state index in [1.165, 1.54) is 30.3 Å². The molecular formula is C24H18FN5O2. The van der Waals surface area contributed by atoms with E-state index >= 15 is 0 Å². The topological polar surface area (TPSA) is 98.9 Å². The zero-order chi connectivity index (χ0) is 22.7. The molecule has 0 unspecified atom stereocenters. The van der Waals surface area contributed by atoms with Crippen molar-refractivity contribution in [2.75, 3.05) is 10.6 Å². The minimum atomic E-state index is -0.479. The lowest BCUT2D eigenvalue weighted by molar-refractivity contribution is -0.114. The first-order chi connectivity index (χ1) is 15.5. The number of H-pyrrole nitrogens is 1. The van der Waals surface area contributed by atoms with Gasteiger partial charge in [0, 0.05) is 22.6 Å². The van der Waals surface area contributed by atoms with Crippen molar-refractivity contribution in [2.45, 2.75) is 6.92 Å². The number of hydrogen-bond acceptors (Lipinski definition) is 3. The van der Waals surface area contributed by atoms with Crippen LogP contribution in [0, 0.1) is 18.2 Å². The second-order valence-corrected chi connectivity index (χ2v) is 6.85. The van der Waals surface area contributed by atoms with Gasteiger partial charge in [-0.05, 0) is 61.5 Å². The van der Waals surface area contributed by atoms with Crippen LogP contribution < -0.4 is 16.0 Å². The predicted molar refractivity (Wildman–Crippen MR) is 122 cm³/mol. The number of halogens is 1. The van der Waals surface area contributed by atoms with Gasteiger partial charge < -0.3 is 20.9 Å². The van der Waals surface area contributed by atoms with E-state index in [-0.39, 0.29) is 11.7 Å². The molecule has 1 aliphatic heterocycles. The van der Waals surface area contributed by atoms with Crippen molar-refractivity contribution in [1.82, 2.24) is 15.3 Å². The van der Waals surface area contributed by atoms with Gasteiger partial charge in [0.05, 0.1) is 16.6 Å². The fourth-order valence-corrected chi connectivity index (χ4v) is 3.31. The molecular weight excluding hydrogens is 409 g/mol. The number of urea groups is 1. The number of hydrogen-bond donors (Lipinski definition) is 4. The summed E-state index contributed by atoms with van der Waals surface area (Å²) in [6, 6.07) is 10.1. The molecule has 0 fully saturated rings. The highest BCUT2D eigenvalue weighted by molar-refractivity contribution is 6.24. The molecule has 8 heteroatoms. The molecule has 0 bridgehead atoms. The molecule has 2 heterocycles. The van der Waals surface area contributed by atoms with Gasteiger partial charge in [0.1, 0.15) is 11.6 Å². The molecule has 3 amide bonds. The summed E-state index contributed by atoms with van der Waals surface area (Å²) in [6.45, 7) is 1.82. The van der Waals surface area contributed by atoms with E-state index in [4.69, 9.17) is 6.42 Å². The van der Waals surface area contributed by atoms with Gasteiger partial charge in [-0.2, -0.15) is 0 Å². The number of rotatable bonds is 4. The Morgan fingerprint density at radius 1 is 1.16 bits per heavy atom. The maximum atomic E-state index is 13.0. The Morgan fingerprint density at radius 2 is 1.88 bits per heavy atom. The maximum Gasteiger partial charge on any atom is 0.323 e. The lowest BCUT2D eigenvalue weighted by atomic mass is 10.1. The molecule has 0 spiro atoms. The smallest absolute Gasteiger partial charge is 0.323 e. The number of allylic oxidation sites excluding steroid dienone is 3. The van der Waals surface area contributed by atoms with Gasteiger partial charge >= 0.3 is 6.03 Å². The van der Waals surface area contributed by atoms with E-state index in [2.05, 4.69) is 31.8 Å². The molecule has 3 aromatic rings. The summed E-state index contributed by atoms with van der Waals surface area (Å²) in [5, 5.41) is 8.14. The minimum absolute atomic E-state index is 0.286. The largest absolute Gasteiger partial charge is 0.338 e. The molecule has 1 aliphatic rings. The van der Waals surface area contributed by atoms with Crippen LogP contribution in [0.15, 0.2) is 72.0 Å². The highest BCUT2D eigenvalue weighted by Crippen LogP contribution is 2.30. The molecule has 0 saturated carbocycles. The standard InChI is InChI=1S/C24H18FN5O2/c1-3-5-6-17-18(4-2)30-23(31)21(17)22-28-19-12-11-16(13-20(19)29-22)27-24(32)26-15-9-7-14(25)8-10-15/h1,4-13H,2H3,(H,28,29)(H,30,31)(H2,26,27,32)/b6-5-,18-4?. The van der Waals surface area contributed by atoms with Crippen LogP contribution in [0.3, 0.4) is 0 Å². The molecule has 1 aromatic heterocycles. The first kappa shape index (κ1) is 20.6. The number of nitrogens with zero attached hydrogens (tertiary/aromatic N) is 1. The van der Waals surface area contributed by atoms with Crippen LogP contribution in [0.5, 0.6) is 0 Å². The molecule has 32 heavy (non-hydrogen) atoms. The molecule has 7 nitrogen and oxygen atoms in total. The monoisotopic (exact) mass is 427 g/mol. The van der Waals surface area contributed by atoms with Crippen LogP contribution >= 0.6 is 0 Å². The van der Waals surface area contributed by atoms with Crippen molar-refractivity contribution in [3.63, 3.8) is 0 Å². The molecule has 2 aromatic carbocycles. The summed E-state index contributed by atoms with van der Waals surface area (Å²) < 4.78 is 13.0. The van der Waals surface area contributed by atoms with Crippen LogP contribution in [0.1, 0.15) is 12.7 Å². The number of aromatic amines is 1. The molecule has 0 atom stereocenters. The third-order valence-electron chi connectivity index (χ3n) is 4.75. The van der Waals surface area contributed by atoms with E-state index < -0.39 is 6.03 Å². The number of fused-ring (bicyclic) bond motifs is 1. The Morgan fingerprint density at radius 3 is 2.59 bits per heavy atom. The Labute approximate surface area is 183 Å². The number of imidazole rings is 1. The lowest BCUT2D eigenvalue weighted by Gasteiger charge is -2.07. The average molecular weight is 427 g/mol. The van der Waals surface area contributed by atoms with E-state index in [9.17, 15) is 14.0 Å². The third kappa shape index (κ3) is 4.13. The molecule has 158 valence electrons. The molecule has 4 N–H and O–H groups in total. The average Bonchev–Trinajstić information content (AvgIpc) is 3.33. The van der Waals surface area contributed by atoms with Gasteiger partial charge in [0.15, 0.2) is 0 Å². The summed E-state index contributed by atoms with van der Waals surface area (Å²) >= 11 is 0. The van der Waals surface area contributed by atoms with Crippen molar-refractivity contribution in [1.29, 1.82) is 0 Å². The number of amides is 3. The second-order valence-electron chi connectivity index (χ2n) is 6.85. The molecule has 0 saturated heterocycles. The third-order valence-corrected chi connectivity index (χ3v) is 4.75. The second kappa shape index (κ2) is 8.62. The van der Waals surface area contributed by atoms with Crippen LogP contribution in [0.25, 0.3) is 16.6 Å². The van der Waals surface area contributed by atoms with E-state index in [0.29, 0.717) is 45.1 Å². The Bertz CT molecular complexity index is 1360. The normalized spacial score (nSPS) is 14.8. The molecule has 0 aliphatic carbocycles. The van der Waals surface area contributed by atoms with E-state index in [0.717, 1.165) is 0 Å². The number of terminal acetylenes is 1. The summed E-state index contributed by atoms with van der Waals surface area (Å²) in [4.78, 5) is 32.4. The molecule has 0 radical (unpaired) electrons. The van der Waals surface area contributed by atoms with Crippen molar-refractivity contribution in [2.24, 2.45) is 0 Å². The number of aromatic nitrogens is 2. The summed E-state index contributed by atoms with van der Waals surface area (Å²) in [7, 11) is 0. The van der Waals surface area contributed by atoms with Gasteiger partial charge in [0.2, 0.25) is 0 Å². The Hall–Kier alpha value is -4.64. The highest BCUT2D eigenvalue weighted by atomic mass is 19.1. The number of benzene rings is 2. The van der Waals surface area contributed by atoms with Gasteiger partial charge in [-0.15, -0.1) is 6.42 Å². The van der Waals surface area contributed by atoms with Crippen LogP contribution in [0.4, 0.5) is 20.6 Å². The van der Waals surface area contributed by atoms with Crippen LogP contribution in [-0.2, 0) is 4.79 Å². The Balaban J connectivity index is 1.61. The van der Waals surface area contributed by atoms with Crippen LogP contribution in [-0.4, -0.2) is 21.9 Å². The fraction of sp³-hybridized carbons (Fsp3) is 0.0417. The summed E-state index contributed by atoms with van der Waals surface area (Å²) in [6.07, 6.45) is 10.3. The quantitative estimate of drug-likeness (QED) is 0.467. The lowest BCUT2D eigenvalue weighted by Crippen LogP contribution is -2.19. The fourth-order valence-electron chi connectivity index (χ4n) is 3.31. The zero-order valence-corrected chi connectivity index (χ0v) is 17.0. The number of carbonyl (C=O) groups excluding carboxylic acids is 2. The Kier molecular flexibility index (Phi) is 5.55. The number of anilines is 2. The number of nitrogens with one attached hydrogen (secondary N) is 4. The van der Waals surface area contributed by atoms with Crippen LogP contribution in [0.2, 0.25) is 0 Å². The van der Waals surface area contributed by atoms with Gasteiger partial charge in [0.25, 0.3) is 5.91 Å². The number of carbonyl (C=O) groups is 2. The van der Waals surface area contributed by atoms with Gasteiger partial charge in [-0.1, -0.05) is 12.0 Å². The summed E-state index contributed by atoms with van der Waals surface area (Å²) in [5.74, 6) is 2.14. The van der Waals surface area contributed by atoms with E-state index in [1.807, 2.05) is 6.92 Å². The van der Waals surface area contributed by atoms with Crippen molar-refractivity contribution in [3.05, 3.63) is 83.6 Å². The van der Waals surface area contributed by atoms with Crippen molar-refractivity contribution in [3.8, 4) is 12.3 Å². The SMILES string of the molecule is C#C/C=C\C1=C(c2nc3ccc(NC(=O)Nc4ccc(F)cc4)cc3[nH]2)C(=O)NC1=CC. The maximum absolute atomic E-state index is 13.0. The van der Waals surface area contributed by atoms with E-state index in [1.54, 1.807) is 30.4 Å². The van der Waals surface area contributed by atoms with Crippen molar-refractivity contribution < 1.29 is 14.0 Å².